The van der Waals surface area contributed by atoms with Gasteiger partial charge in [0.05, 0.1) is 16.8 Å². The van der Waals surface area contributed by atoms with Crippen LogP contribution in [-0.2, 0) is 6.54 Å². The van der Waals surface area contributed by atoms with E-state index in [1.165, 1.54) is 5.56 Å². The van der Waals surface area contributed by atoms with Crippen molar-refractivity contribution in [1.29, 1.82) is 0 Å². The maximum Gasteiger partial charge on any atom is 0.165 e. The number of rotatable bonds is 7. The first-order chi connectivity index (χ1) is 22.1. The summed E-state index contributed by atoms with van der Waals surface area (Å²) in [4.78, 5) is 30.4. The lowest BCUT2D eigenvalue weighted by Crippen LogP contribution is -2.46. The van der Waals surface area contributed by atoms with Crippen LogP contribution in [0.3, 0.4) is 0 Å². The number of carbonyl (C=O) groups excluding carboxylic acids is 1. The van der Waals surface area contributed by atoms with Gasteiger partial charge in [-0.3, -0.25) is 14.3 Å². The molecule has 3 aromatic heterocycles. The number of aldehydes is 1. The molecule has 3 aromatic carbocycles. The molecule has 0 spiro atoms. The van der Waals surface area contributed by atoms with Crippen molar-refractivity contribution in [3.8, 4) is 34.1 Å². The largest absolute Gasteiger partial charge is 0.507 e. The summed E-state index contributed by atoms with van der Waals surface area (Å²) in [5.41, 5.74) is 14.0. The van der Waals surface area contributed by atoms with Gasteiger partial charge in [-0.05, 0) is 60.5 Å². The average Bonchev–Trinajstić information content (AvgIpc) is 3.78. The van der Waals surface area contributed by atoms with Crippen molar-refractivity contribution in [1.82, 2.24) is 24.4 Å². The number of aromatic hydroxyl groups is 1. The number of piperazine rings is 1. The van der Waals surface area contributed by atoms with Gasteiger partial charge in [-0.2, -0.15) is 0 Å². The van der Waals surface area contributed by atoms with Gasteiger partial charge < -0.3 is 15.7 Å². The van der Waals surface area contributed by atoms with Gasteiger partial charge in [0.2, 0.25) is 0 Å². The highest BCUT2D eigenvalue weighted by molar-refractivity contribution is 5.84. The Hall–Kier alpha value is -5.54. The number of benzene rings is 3. The number of carbonyl (C=O) groups is 1. The van der Waals surface area contributed by atoms with Crippen molar-refractivity contribution in [2.45, 2.75) is 25.0 Å². The summed E-state index contributed by atoms with van der Waals surface area (Å²) in [6.07, 6.45) is 3.45. The van der Waals surface area contributed by atoms with Crippen molar-refractivity contribution >= 4 is 29.0 Å². The van der Waals surface area contributed by atoms with E-state index in [4.69, 9.17) is 15.7 Å². The van der Waals surface area contributed by atoms with Crippen molar-refractivity contribution in [3.05, 3.63) is 114 Å². The molecule has 5 heterocycles. The summed E-state index contributed by atoms with van der Waals surface area (Å²) in [6.45, 7) is 2.70. The molecule has 2 aliphatic rings. The minimum Gasteiger partial charge on any atom is -0.507 e. The second-order valence-corrected chi connectivity index (χ2v) is 11.8. The van der Waals surface area contributed by atoms with Crippen LogP contribution >= 0.6 is 0 Å². The minimum absolute atomic E-state index is 0.0359. The molecule has 0 saturated carbocycles. The van der Waals surface area contributed by atoms with Crippen molar-refractivity contribution in [3.63, 3.8) is 0 Å². The zero-order valence-corrected chi connectivity index (χ0v) is 24.5. The topological polar surface area (TPSA) is 113 Å². The van der Waals surface area contributed by atoms with E-state index >= 15 is 0 Å². The highest BCUT2D eigenvalue weighted by Crippen LogP contribution is 2.37. The Morgan fingerprint density at radius 2 is 1.69 bits per heavy atom. The molecule has 0 radical (unpaired) electrons. The molecule has 2 aliphatic heterocycles. The van der Waals surface area contributed by atoms with Crippen LogP contribution in [0.5, 0.6) is 5.75 Å². The fourth-order valence-electron chi connectivity index (χ4n) is 6.81. The van der Waals surface area contributed by atoms with Gasteiger partial charge in [0.25, 0.3) is 0 Å². The standard InChI is InChI=1S/C36H31N7O2/c37-34-30(7-4-16-38-34)35-40-32-15-14-31(24-5-2-1-3-6-24)39-36(32)43(35)26-11-8-23(9-12-26)19-41-20-29-17-28(41)21-42(29)27-13-10-25(22-44)33(45)18-27/h1-16,18,22,28-29,45H,17,19-21H2,(H2,37,38)/t28-,29-/m0/s1. The third-order valence-electron chi connectivity index (χ3n) is 9.06. The lowest BCUT2D eigenvalue weighted by molar-refractivity contribution is 0.112. The molecule has 2 saturated heterocycles. The molecule has 8 rings (SSSR count). The van der Waals surface area contributed by atoms with Gasteiger partial charge >= 0.3 is 0 Å². The maximum atomic E-state index is 11.1. The highest BCUT2D eigenvalue weighted by Gasteiger charge is 2.43. The van der Waals surface area contributed by atoms with Crippen LogP contribution in [0.15, 0.2) is 103 Å². The van der Waals surface area contributed by atoms with Gasteiger partial charge in [-0.15, -0.1) is 0 Å². The molecule has 2 bridgehead atoms. The summed E-state index contributed by atoms with van der Waals surface area (Å²) in [6, 6.07) is 32.7. The Bertz CT molecular complexity index is 2040. The molecule has 0 aliphatic carbocycles. The van der Waals surface area contributed by atoms with E-state index in [-0.39, 0.29) is 5.75 Å². The zero-order chi connectivity index (χ0) is 30.5. The Morgan fingerprint density at radius 3 is 2.42 bits per heavy atom. The van der Waals surface area contributed by atoms with Crippen molar-refractivity contribution < 1.29 is 9.90 Å². The second-order valence-electron chi connectivity index (χ2n) is 11.8. The first-order valence-corrected chi connectivity index (χ1v) is 15.1. The van der Waals surface area contributed by atoms with Crippen LogP contribution in [0.1, 0.15) is 22.3 Å². The van der Waals surface area contributed by atoms with Crippen LogP contribution in [0.4, 0.5) is 11.5 Å². The van der Waals surface area contributed by atoms with E-state index in [2.05, 4.69) is 55.7 Å². The lowest BCUT2D eigenvalue weighted by Gasteiger charge is -2.35. The Kier molecular flexibility index (Phi) is 6.53. The van der Waals surface area contributed by atoms with Gasteiger partial charge in [0, 0.05) is 60.9 Å². The summed E-state index contributed by atoms with van der Waals surface area (Å²) >= 11 is 0. The second kappa shape index (κ2) is 10.9. The summed E-state index contributed by atoms with van der Waals surface area (Å²) in [5.74, 6) is 1.15. The van der Waals surface area contributed by atoms with Gasteiger partial charge in [-0.1, -0.05) is 42.5 Å². The zero-order valence-electron chi connectivity index (χ0n) is 24.5. The number of fused-ring (bicyclic) bond motifs is 3. The third kappa shape index (κ3) is 4.78. The van der Waals surface area contributed by atoms with Gasteiger partial charge in [0.1, 0.15) is 17.1 Å². The molecule has 9 heteroatoms. The number of nitrogens with zero attached hydrogens (tertiary/aromatic N) is 6. The van der Waals surface area contributed by atoms with E-state index < -0.39 is 0 Å². The highest BCUT2D eigenvalue weighted by atomic mass is 16.3. The average molecular weight is 594 g/mol. The fourth-order valence-corrected chi connectivity index (χ4v) is 6.81. The van der Waals surface area contributed by atoms with Crippen LogP contribution in [0, 0.1) is 0 Å². The number of pyridine rings is 2. The maximum absolute atomic E-state index is 11.1. The van der Waals surface area contributed by atoms with Crippen LogP contribution < -0.4 is 10.6 Å². The number of imidazole rings is 1. The Labute approximate surface area is 260 Å². The number of nitrogens with two attached hydrogens (primary N) is 1. The van der Waals surface area contributed by atoms with E-state index in [1.807, 2.05) is 48.5 Å². The van der Waals surface area contributed by atoms with Crippen molar-refractivity contribution in [2.75, 3.05) is 23.7 Å². The molecule has 2 atom stereocenters. The van der Waals surface area contributed by atoms with Gasteiger partial charge in [-0.25, -0.2) is 15.0 Å². The molecule has 45 heavy (non-hydrogen) atoms. The van der Waals surface area contributed by atoms with Crippen LogP contribution in [0.25, 0.3) is 39.5 Å². The van der Waals surface area contributed by atoms with Gasteiger partial charge in [0.15, 0.2) is 17.8 Å². The van der Waals surface area contributed by atoms with Crippen molar-refractivity contribution in [2.24, 2.45) is 0 Å². The van der Waals surface area contributed by atoms with Crippen LogP contribution in [0.2, 0.25) is 0 Å². The summed E-state index contributed by atoms with van der Waals surface area (Å²) in [7, 11) is 0. The van der Waals surface area contributed by atoms with E-state index in [0.717, 1.165) is 65.4 Å². The number of hydrogen-bond acceptors (Lipinski definition) is 8. The number of nitrogen functional groups attached to an aromatic ring is 1. The fraction of sp³-hybridized carbons (Fsp3) is 0.167. The molecular weight excluding hydrogens is 562 g/mol. The van der Waals surface area contributed by atoms with Crippen LogP contribution in [-0.4, -0.2) is 61.0 Å². The predicted molar refractivity (Wildman–Crippen MR) is 175 cm³/mol. The number of phenolic OH excluding ortho intramolecular Hbond substituents is 1. The predicted octanol–water partition coefficient (Wildman–Crippen LogP) is 5.71. The summed E-state index contributed by atoms with van der Waals surface area (Å²) < 4.78 is 2.07. The molecule has 9 nitrogen and oxygen atoms in total. The third-order valence-corrected chi connectivity index (χ3v) is 9.06. The molecule has 0 unspecified atom stereocenters. The Morgan fingerprint density at radius 1 is 0.867 bits per heavy atom. The number of phenols is 1. The van der Waals surface area contributed by atoms with E-state index in [0.29, 0.717) is 35.6 Å². The van der Waals surface area contributed by atoms with E-state index in [9.17, 15) is 9.90 Å². The number of hydrogen-bond donors (Lipinski definition) is 2. The SMILES string of the molecule is Nc1ncccc1-c1nc2ccc(-c3ccccc3)nc2n1-c1ccc(CN2C[C@@H]3C[C@H]2CN3c2ccc(C=O)c(O)c2)cc1. The molecule has 6 aromatic rings. The minimum atomic E-state index is 0.0359. The monoisotopic (exact) mass is 593 g/mol. The lowest BCUT2D eigenvalue weighted by atomic mass is 10.1. The summed E-state index contributed by atoms with van der Waals surface area (Å²) in [5, 5.41) is 10.2. The molecule has 3 N–H and O–H groups in total. The molecule has 0 amide bonds. The molecule has 2 fully saturated rings. The number of aromatic nitrogens is 4. The Balaban J connectivity index is 1.08. The molecule has 222 valence electrons. The van der Waals surface area contributed by atoms with E-state index in [1.54, 1.807) is 18.3 Å². The quantitative estimate of drug-likeness (QED) is 0.226. The first kappa shape index (κ1) is 27.0. The number of likely N-dealkylation sites (tertiary alicyclic amines) is 1. The smallest absolute Gasteiger partial charge is 0.165 e. The normalized spacial score (nSPS) is 17.7. The first-order valence-electron chi connectivity index (χ1n) is 15.1. The molecular formula is C36H31N7O2. The number of anilines is 2.